The lowest BCUT2D eigenvalue weighted by Crippen LogP contribution is -3.08. The lowest BCUT2D eigenvalue weighted by molar-refractivity contribution is -0.885. The number of likely N-dealkylation sites (N-methyl/N-ethyl adjacent to an activating group) is 1. The molecule has 0 saturated carbocycles. The molecule has 11 heteroatoms. The number of hydrogen-bond donors (Lipinski definition) is 2. The zero-order chi connectivity index (χ0) is 20.5. The molecule has 2 heterocycles. The van der Waals surface area contributed by atoms with Crippen molar-refractivity contribution in [2.45, 2.75) is 19.6 Å². The Morgan fingerprint density at radius 3 is 2.75 bits per heavy atom. The van der Waals surface area contributed by atoms with Crippen LogP contribution in [0.15, 0.2) is 35.1 Å². The van der Waals surface area contributed by atoms with Gasteiger partial charge in [-0.2, -0.15) is 22.8 Å². The summed E-state index contributed by atoms with van der Waals surface area (Å²) < 4.78 is 40.2. The van der Waals surface area contributed by atoms with Crippen LogP contribution < -0.4 is 15.8 Å². The number of carbonyl (C=O) groups excluding carboxylic acids is 1. The molecule has 3 aromatic rings. The fraction of sp³-hybridized carbons (Fsp3) is 0.294. The molecule has 2 N–H and O–H groups in total. The first-order valence-electron chi connectivity index (χ1n) is 8.27. The second kappa shape index (κ2) is 7.68. The maximum atomic E-state index is 13.0. The molecule has 3 rings (SSSR count). The number of rotatable bonds is 5. The quantitative estimate of drug-likeness (QED) is 0.659. The smallest absolute Gasteiger partial charge is 0.324 e. The van der Waals surface area contributed by atoms with Crippen molar-refractivity contribution in [3.63, 3.8) is 0 Å². The van der Waals surface area contributed by atoms with Gasteiger partial charge in [-0.3, -0.25) is 9.59 Å². The lowest BCUT2D eigenvalue weighted by atomic mass is 10.1. The van der Waals surface area contributed by atoms with Crippen molar-refractivity contribution in [3.8, 4) is 0 Å². The summed E-state index contributed by atoms with van der Waals surface area (Å²) in [5.74, 6) is -0.554. The van der Waals surface area contributed by atoms with Crippen LogP contribution in [-0.2, 0) is 17.5 Å². The highest BCUT2D eigenvalue weighted by Crippen LogP contribution is 2.34. The molecular weight excluding hydrogens is 395 g/mol. The molecule has 0 aliphatic heterocycles. The predicted octanol–water partition coefficient (Wildman–Crippen LogP) is 1.13. The van der Waals surface area contributed by atoms with Gasteiger partial charge in [0.15, 0.2) is 11.6 Å². The first-order chi connectivity index (χ1) is 13.1. The van der Waals surface area contributed by atoms with Gasteiger partial charge < -0.3 is 10.2 Å². The molecular formula is C17H17F3N5O2S+. The predicted molar refractivity (Wildman–Crippen MR) is 97.4 cm³/mol. The molecule has 1 amide bonds. The number of nitrogens with one attached hydrogen (secondary N) is 2. The molecule has 0 fully saturated rings. The number of anilines is 1. The standard InChI is InChI=1S/C17H16F3N5O2S/c1-10-7-15(27)25-16(21-10)28-14(23-25)9-24(2)8-13(26)22-12-6-4-3-5-11(12)17(18,19)20/h3-7H,8-9H2,1-2H3,(H,22,26)/p+1. The van der Waals surface area contributed by atoms with E-state index in [9.17, 15) is 22.8 Å². The molecule has 2 aromatic heterocycles. The molecule has 0 radical (unpaired) electrons. The second-order valence-electron chi connectivity index (χ2n) is 6.33. The van der Waals surface area contributed by atoms with E-state index in [0.29, 0.717) is 27.1 Å². The number of carbonyl (C=O) groups is 1. The minimum absolute atomic E-state index is 0.0660. The minimum atomic E-state index is -4.55. The molecule has 0 aliphatic carbocycles. The van der Waals surface area contributed by atoms with Crippen LogP contribution in [0.1, 0.15) is 16.3 Å². The van der Waals surface area contributed by atoms with Crippen molar-refractivity contribution in [1.29, 1.82) is 0 Å². The number of hydrogen-bond acceptors (Lipinski definition) is 5. The summed E-state index contributed by atoms with van der Waals surface area (Å²) in [6.45, 7) is 1.96. The third-order valence-electron chi connectivity index (χ3n) is 3.84. The third-order valence-corrected chi connectivity index (χ3v) is 4.75. The van der Waals surface area contributed by atoms with Gasteiger partial charge in [0.2, 0.25) is 4.96 Å². The zero-order valence-corrected chi connectivity index (χ0v) is 15.8. The minimum Gasteiger partial charge on any atom is -0.324 e. The van der Waals surface area contributed by atoms with Gasteiger partial charge >= 0.3 is 6.18 Å². The Kier molecular flexibility index (Phi) is 5.47. The van der Waals surface area contributed by atoms with E-state index in [2.05, 4.69) is 15.4 Å². The summed E-state index contributed by atoms with van der Waals surface area (Å²) in [5.41, 5.74) is -0.875. The topological polar surface area (TPSA) is 80.8 Å². The zero-order valence-electron chi connectivity index (χ0n) is 15.0. The molecule has 148 valence electrons. The number of halogens is 3. The first kappa shape index (κ1) is 20.0. The van der Waals surface area contributed by atoms with E-state index < -0.39 is 17.6 Å². The largest absolute Gasteiger partial charge is 0.418 e. The van der Waals surface area contributed by atoms with Crippen molar-refractivity contribution in [2.75, 3.05) is 18.9 Å². The average molecular weight is 412 g/mol. The van der Waals surface area contributed by atoms with Gasteiger partial charge in [-0.1, -0.05) is 23.5 Å². The highest BCUT2D eigenvalue weighted by atomic mass is 32.1. The summed E-state index contributed by atoms with van der Waals surface area (Å²) in [4.78, 5) is 29.5. The average Bonchev–Trinajstić information content (AvgIpc) is 2.96. The Morgan fingerprint density at radius 2 is 2.04 bits per heavy atom. The molecule has 1 atom stereocenters. The van der Waals surface area contributed by atoms with E-state index in [-0.39, 0.29) is 17.8 Å². The summed E-state index contributed by atoms with van der Waals surface area (Å²) in [6.07, 6.45) is -4.55. The van der Waals surface area contributed by atoms with Crippen LogP contribution in [0.25, 0.3) is 4.96 Å². The van der Waals surface area contributed by atoms with E-state index >= 15 is 0 Å². The SMILES string of the molecule is Cc1cc(=O)n2nc(C[NH+](C)CC(=O)Nc3ccccc3C(F)(F)F)sc2n1. The maximum absolute atomic E-state index is 13.0. The van der Waals surface area contributed by atoms with Gasteiger partial charge in [0.25, 0.3) is 11.5 Å². The number of para-hydroxylation sites is 1. The summed E-state index contributed by atoms with van der Waals surface area (Å²) in [6, 6.07) is 6.19. The number of aromatic nitrogens is 3. The number of nitrogens with zero attached hydrogens (tertiary/aromatic N) is 3. The van der Waals surface area contributed by atoms with Crippen molar-refractivity contribution < 1.29 is 22.9 Å². The molecule has 0 spiro atoms. The van der Waals surface area contributed by atoms with Crippen LogP contribution in [0, 0.1) is 6.92 Å². The number of benzene rings is 1. The third kappa shape index (κ3) is 4.54. The van der Waals surface area contributed by atoms with Gasteiger partial charge in [-0.25, -0.2) is 4.98 Å². The molecule has 28 heavy (non-hydrogen) atoms. The van der Waals surface area contributed by atoms with Crippen LogP contribution in [0.5, 0.6) is 0 Å². The number of fused-ring (bicyclic) bond motifs is 1. The van der Waals surface area contributed by atoms with E-state index in [0.717, 1.165) is 6.07 Å². The van der Waals surface area contributed by atoms with E-state index in [4.69, 9.17) is 0 Å². The molecule has 1 unspecified atom stereocenters. The van der Waals surface area contributed by atoms with Crippen molar-refractivity contribution in [3.05, 3.63) is 57.0 Å². The number of amides is 1. The van der Waals surface area contributed by atoms with Crippen molar-refractivity contribution >= 4 is 27.9 Å². The van der Waals surface area contributed by atoms with E-state index in [1.165, 1.54) is 40.1 Å². The number of alkyl halides is 3. The highest BCUT2D eigenvalue weighted by Gasteiger charge is 2.33. The van der Waals surface area contributed by atoms with Gasteiger partial charge in [0.05, 0.1) is 18.3 Å². The normalized spacial score (nSPS) is 12.9. The van der Waals surface area contributed by atoms with E-state index in [1.807, 2.05) is 0 Å². The first-order valence-corrected chi connectivity index (χ1v) is 9.09. The summed E-state index contributed by atoms with van der Waals surface area (Å²) in [5, 5.41) is 7.10. The Morgan fingerprint density at radius 1 is 1.32 bits per heavy atom. The molecule has 0 saturated heterocycles. The summed E-state index contributed by atoms with van der Waals surface area (Å²) in [7, 11) is 1.71. The van der Waals surface area contributed by atoms with Crippen molar-refractivity contribution in [2.24, 2.45) is 0 Å². The summed E-state index contributed by atoms with van der Waals surface area (Å²) >= 11 is 1.23. The Balaban J connectivity index is 1.67. The maximum Gasteiger partial charge on any atom is 0.418 e. The van der Waals surface area contributed by atoms with Gasteiger partial charge in [0, 0.05) is 11.8 Å². The van der Waals surface area contributed by atoms with Crippen LogP contribution in [0.2, 0.25) is 0 Å². The molecule has 0 aliphatic rings. The fourth-order valence-electron chi connectivity index (χ4n) is 2.66. The van der Waals surface area contributed by atoms with Gasteiger partial charge in [-0.05, 0) is 19.1 Å². The fourth-order valence-corrected chi connectivity index (χ4v) is 3.72. The van der Waals surface area contributed by atoms with Crippen LogP contribution >= 0.6 is 11.3 Å². The van der Waals surface area contributed by atoms with Gasteiger partial charge in [-0.15, -0.1) is 0 Å². The number of quaternary nitrogens is 1. The Hall–Kier alpha value is -2.79. The van der Waals surface area contributed by atoms with Crippen LogP contribution in [-0.4, -0.2) is 34.1 Å². The Bertz CT molecular complexity index is 1080. The number of aryl methyl sites for hydroxylation is 1. The Labute approximate surface area is 161 Å². The van der Waals surface area contributed by atoms with Gasteiger partial charge in [0.1, 0.15) is 6.54 Å². The van der Waals surface area contributed by atoms with Crippen molar-refractivity contribution in [1.82, 2.24) is 14.6 Å². The van der Waals surface area contributed by atoms with Crippen LogP contribution in [0.3, 0.4) is 0 Å². The molecule has 7 nitrogen and oxygen atoms in total. The van der Waals surface area contributed by atoms with E-state index in [1.54, 1.807) is 14.0 Å². The highest BCUT2D eigenvalue weighted by molar-refractivity contribution is 7.16. The molecule has 1 aromatic carbocycles. The molecule has 0 bridgehead atoms. The lowest BCUT2D eigenvalue weighted by Gasteiger charge is -2.15. The monoisotopic (exact) mass is 412 g/mol. The van der Waals surface area contributed by atoms with Crippen LogP contribution in [0.4, 0.5) is 18.9 Å². The second-order valence-corrected chi connectivity index (χ2v) is 7.37.